The second kappa shape index (κ2) is 6.41. The molecule has 2 aliphatic rings. The van der Waals surface area contributed by atoms with E-state index in [4.69, 9.17) is 0 Å². The smallest absolute Gasteiger partial charge is 0.263 e. The van der Waals surface area contributed by atoms with Gasteiger partial charge in [-0.3, -0.25) is 9.59 Å². The minimum atomic E-state index is -0.243. The lowest BCUT2D eigenvalue weighted by Gasteiger charge is -2.21. The summed E-state index contributed by atoms with van der Waals surface area (Å²) in [4.78, 5) is 29.6. The van der Waals surface area contributed by atoms with Crippen molar-refractivity contribution in [2.24, 2.45) is 12.5 Å². The van der Waals surface area contributed by atoms with E-state index in [0.29, 0.717) is 6.54 Å². The first kappa shape index (κ1) is 17.1. The maximum Gasteiger partial charge on any atom is 0.263 e. The largest absolute Gasteiger partial charge is 0.351 e. The molecule has 1 fully saturated rings. The molecule has 0 aliphatic heterocycles. The first-order chi connectivity index (χ1) is 12.5. The Kier molecular flexibility index (Phi) is 4.21. The number of aromatic nitrogens is 3. The van der Waals surface area contributed by atoms with E-state index in [0.717, 1.165) is 62.2 Å². The molecule has 0 bridgehead atoms. The van der Waals surface area contributed by atoms with Gasteiger partial charge in [0, 0.05) is 43.6 Å². The van der Waals surface area contributed by atoms with Gasteiger partial charge in [0.1, 0.15) is 11.4 Å². The van der Waals surface area contributed by atoms with Crippen molar-refractivity contribution in [3.63, 3.8) is 0 Å². The second-order valence-corrected chi connectivity index (χ2v) is 7.89. The molecule has 0 radical (unpaired) electrons. The highest BCUT2D eigenvalue weighted by Crippen LogP contribution is 2.46. The van der Waals surface area contributed by atoms with Crippen molar-refractivity contribution in [3.8, 4) is 0 Å². The minimum Gasteiger partial charge on any atom is -0.351 e. The number of hydrogen-bond acceptors (Lipinski definition) is 3. The molecule has 0 aromatic carbocycles. The molecular weight excluding hydrogens is 328 g/mol. The number of fused-ring (bicyclic) bond motifs is 1. The Hall–Kier alpha value is -2.37. The van der Waals surface area contributed by atoms with Gasteiger partial charge < -0.3 is 14.5 Å². The predicted molar refractivity (Wildman–Crippen MR) is 99.3 cm³/mol. The fourth-order valence-electron chi connectivity index (χ4n) is 4.02. The van der Waals surface area contributed by atoms with Gasteiger partial charge in [-0.2, -0.15) is 0 Å². The number of imidazole rings is 1. The Labute approximate surface area is 153 Å². The highest BCUT2D eigenvalue weighted by Gasteiger charge is 2.43. The lowest BCUT2D eigenvalue weighted by molar-refractivity contribution is 0.0940. The summed E-state index contributed by atoms with van der Waals surface area (Å²) < 4.78 is 3.81. The highest BCUT2D eigenvalue weighted by molar-refractivity contribution is 5.94. The van der Waals surface area contributed by atoms with Crippen LogP contribution >= 0.6 is 0 Å². The van der Waals surface area contributed by atoms with Gasteiger partial charge in [0.25, 0.3) is 11.5 Å². The van der Waals surface area contributed by atoms with Crippen molar-refractivity contribution >= 4 is 5.91 Å². The van der Waals surface area contributed by atoms with E-state index < -0.39 is 0 Å². The standard InChI is InChI=1S/C20H26N4O2/c1-14-21-9-10-24(14)13-20(7-8-20)12-22-18(25)16-11-15-5-3-4-6-17(15)23(2)19(16)26/h9-11H,3-8,12-13H2,1-2H3,(H,22,25). The summed E-state index contributed by atoms with van der Waals surface area (Å²) in [5, 5.41) is 3.02. The minimum absolute atomic E-state index is 0.0978. The van der Waals surface area contributed by atoms with Gasteiger partial charge in [0.2, 0.25) is 0 Å². The number of rotatable bonds is 5. The van der Waals surface area contributed by atoms with Crippen molar-refractivity contribution in [3.05, 3.63) is 51.5 Å². The monoisotopic (exact) mass is 354 g/mol. The molecule has 6 nitrogen and oxygen atoms in total. The number of nitrogens with one attached hydrogen (secondary N) is 1. The number of aryl methyl sites for hydroxylation is 2. The quantitative estimate of drug-likeness (QED) is 0.893. The average molecular weight is 354 g/mol. The molecule has 0 saturated heterocycles. The van der Waals surface area contributed by atoms with Crippen LogP contribution in [0.2, 0.25) is 0 Å². The number of carbonyl (C=O) groups excluding carboxylic acids is 1. The van der Waals surface area contributed by atoms with Gasteiger partial charge in [-0.25, -0.2) is 4.98 Å². The van der Waals surface area contributed by atoms with Gasteiger partial charge in [0.05, 0.1) is 0 Å². The molecule has 1 amide bonds. The first-order valence-electron chi connectivity index (χ1n) is 9.47. The average Bonchev–Trinajstić information content (AvgIpc) is 3.30. The number of carbonyl (C=O) groups is 1. The summed E-state index contributed by atoms with van der Waals surface area (Å²) in [6.07, 6.45) is 10.1. The number of nitrogens with zero attached hydrogens (tertiary/aromatic N) is 3. The lowest BCUT2D eigenvalue weighted by atomic mass is 9.94. The molecule has 4 rings (SSSR count). The molecule has 1 N–H and O–H groups in total. The maximum atomic E-state index is 12.7. The Morgan fingerprint density at radius 1 is 1.31 bits per heavy atom. The highest BCUT2D eigenvalue weighted by atomic mass is 16.2. The first-order valence-corrected chi connectivity index (χ1v) is 9.47. The summed E-state index contributed by atoms with van der Waals surface area (Å²) in [5.74, 6) is 0.749. The van der Waals surface area contributed by atoms with Gasteiger partial charge >= 0.3 is 0 Å². The molecule has 1 saturated carbocycles. The fraction of sp³-hybridized carbons (Fsp3) is 0.550. The molecule has 2 aromatic rings. The van der Waals surface area contributed by atoms with Gasteiger partial charge in [-0.15, -0.1) is 0 Å². The Balaban J connectivity index is 1.48. The van der Waals surface area contributed by atoms with Crippen molar-refractivity contribution in [2.45, 2.75) is 52.0 Å². The fourth-order valence-corrected chi connectivity index (χ4v) is 4.02. The summed E-state index contributed by atoms with van der Waals surface area (Å²) in [5.41, 5.74) is 2.44. The van der Waals surface area contributed by atoms with Crippen molar-refractivity contribution in [1.82, 2.24) is 19.4 Å². The van der Waals surface area contributed by atoms with Crippen molar-refractivity contribution in [2.75, 3.05) is 6.54 Å². The van der Waals surface area contributed by atoms with Crippen LogP contribution < -0.4 is 10.9 Å². The maximum absolute atomic E-state index is 12.7. The van der Waals surface area contributed by atoms with E-state index in [1.165, 1.54) is 0 Å². The van der Waals surface area contributed by atoms with E-state index in [1.807, 2.05) is 19.2 Å². The number of pyridine rings is 1. The van der Waals surface area contributed by atoms with E-state index in [-0.39, 0.29) is 22.4 Å². The molecule has 26 heavy (non-hydrogen) atoms. The zero-order valence-electron chi connectivity index (χ0n) is 15.5. The SMILES string of the molecule is Cc1nccn1CC1(CNC(=O)c2cc3c(n(C)c2=O)CCCC3)CC1. The van der Waals surface area contributed by atoms with Crippen LogP contribution in [-0.4, -0.2) is 26.6 Å². The molecule has 0 spiro atoms. The van der Waals surface area contributed by atoms with Crippen LogP contribution in [0.4, 0.5) is 0 Å². The molecule has 6 heteroatoms. The van der Waals surface area contributed by atoms with Crippen LogP contribution in [0.15, 0.2) is 23.3 Å². The summed E-state index contributed by atoms with van der Waals surface area (Å²) in [6, 6.07) is 1.83. The van der Waals surface area contributed by atoms with Gasteiger partial charge in [0.15, 0.2) is 0 Å². The molecule has 0 unspecified atom stereocenters. The van der Waals surface area contributed by atoms with E-state index in [2.05, 4.69) is 14.9 Å². The molecule has 0 atom stereocenters. The zero-order chi connectivity index (χ0) is 18.3. The number of hydrogen-bond donors (Lipinski definition) is 1. The van der Waals surface area contributed by atoms with E-state index >= 15 is 0 Å². The van der Waals surface area contributed by atoms with Crippen LogP contribution in [0.1, 0.15) is 53.1 Å². The predicted octanol–water partition coefficient (Wildman–Crippen LogP) is 1.98. The lowest BCUT2D eigenvalue weighted by Crippen LogP contribution is -2.38. The summed E-state index contributed by atoms with van der Waals surface area (Å²) in [6.45, 7) is 3.45. The molecular formula is C20H26N4O2. The van der Waals surface area contributed by atoms with Gasteiger partial charge in [-0.05, 0) is 57.1 Å². The summed E-state index contributed by atoms with van der Waals surface area (Å²) >= 11 is 0. The molecule has 2 aliphatic carbocycles. The third kappa shape index (κ3) is 3.08. The van der Waals surface area contributed by atoms with Gasteiger partial charge in [-0.1, -0.05) is 0 Å². The van der Waals surface area contributed by atoms with Crippen LogP contribution in [0.3, 0.4) is 0 Å². The third-order valence-electron chi connectivity index (χ3n) is 5.99. The topological polar surface area (TPSA) is 68.9 Å². The Morgan fingerprint density at radius 2 is 2.08 bits per heavy atom. The molecule has 2 aromatic heterocycles. The van der Waals surface area contributed by atoms with E-state index in [9.17, 15) is 9.59 Å². The van der Waals surface area contributed by atoms with Crippen LogP contribution in [0, 0.1) is 12.3 Å². The summed E-state index contributed by atoms with van der Waals surface area (Å²) in [7, 11) is 1.79. The van der Waals surface area contributed by atoms with Crippen LogP contribution in [0.25, 0.3) is 0 Å². The van der Waals surface area contributed by atoms with Crippen LogP contribution in [0.5, 0.6) is 0 Å². The second-order valence-electron chi connectivity index (χ2n) is 7.89. The van der Waals surface area contributed by atoms with Crippen molar-refractivity contribution in [1.29, 1.82) is 0 Å². The van der Waals surface area contributed by atoms with Crippen molar-refractivity contribution < 1.29 is 4.79 Å². The molecule has 2 heterocycles. The number of amides is 1. The normalized spacial score (nSPS) is 17.6. The Bertz CT molecular complexity index is 905. The van der Waals surface area contributed by atoms with Crippen LogP contribution in [-0.2, 0) is 26.4 Å². The Morgan fingerprint density at radius 3 is 2.77 bits per heavy atom. The molecule has 138 valence electrons. The third-order valence-corrected chi connectivity index (χ3v) is 5.99. The zero-order valence-corrected chi connectivity index (χ0v) is 15.5. The van der Waals surface area contributed by atoms with E-state index in [1.54, 1.807) is 17.8 Å².